The fourth-order valence-electron chi connectivity index (χ4n) is 3.21. The predicted molar refractivity (Wildman–Crippen MR) is 127 cm³/mol. The Balaban J connectivity index is 1.65. The van der Waals surface area contributed by atoms with Crippen LogP contribution in [0.4, 0.5) is 0 Å². The molecule has 6 nitrogen and oxygen atoms in total. The van der Waals surface area contributed by atoms with Crippen LogP contribution < -0.4 is 10.3 Å². The number of carboxylic acid groups (broad SMARTS) is 1. The van der Waals surface area contributed by atoms with E-state index in [0.717, 1.165) is 16.3 Å². The Hall–Kier alpha value is -3.06. The van der Waals surface area contributed by atoms with Gasteiger partial charge in [-0.3, -0.25) is 14.2 Å². The van der Waals surface area contributed by atoms with Crippen LogP contribution in [0.1, 0.15) is 33.0 Å². The fraction of sp³-hybridized carbons (Fsp3) is 0.320. The maximum absolute atomic E-state index is 12.7. The van der Waals surface area contributed by atoms with Crippen LogP contribution in [-0.4, -0.2) is 32.0 Å². The van der Waals surface area contributed by atoms with Crippen LogP contribution in [0.25, 0.3) is 11.3 Å². The molecular weight excluding hydrogens is 424 g/mol. The zero-order valence-electron chi connectivity index (χ0n) is 18.6. The van der Waals surface area contributed by atoms with E-state index >= 15 is 0 Å². The lowest BCUT2D eigenvalue weighted by molar-refractivity contribution is -0.139. The first kappa shape index (κ1) is 23.6. The fourth-order valence-corrected chi connectivity index (χ4v) is 4.23. The zero-order chi connectivity index (χ0) is 23.1. The second kappa shape index (κ2) is 10.5. The molecule has 7 heteroatoms. The maximum atomic E-state index is 12.7. The van der Waals surface area contributed by atoms with Gasteiger partial charge in [-0.1, -0.05) is 44.2 Å². The van der Waals surface area contributed by atoms with Crippen LogP contribution in [0.2, 0.25) is 0 Å². The van der Waals surface area contributed by atoms with E-state index in [9.17, 15) is 14.7 Å². The summed E-state index contributed by atoms with van der Waals surface area (Å²) in [4.78, 5) is 29.8. The Morgan fingerprint density at radius 1 is 1.12 bits per heavy atom. The van der Waals surface area contributed by atoms with Crippen molar-refractivity contribution in [3.8, 4) is 17.0 Å². The second-order valence-electron chi connectivity index (χ2n) is 7.58. The standard InChI is InChI=1S/C25H28N2O4S/c1-4-22-26-21(18-9-7-6-8-10-18)17-23(28)27(22)15-16-31-19-11-13-20(14-12-19)32-25(3,5-2)24(29)30/h6-14,17H,4-5,15-16H2,1-3H3,(H,29,30). The number of hydrogen-bond donors (Lipinski definition) is 1. The highest BCUT2D eigenvalue weighted by molar-refractivity contribution is 8.01. The number of aromatic nitrogens is 2. The summed E-state index contributed by atoms with van der Waals surface area (Å²) in [6.45, 7) is 6.30. The van der Waals surface area contributed by atoms with Crippen molar-refractivity contribution in [2.45, 2.75) is 49.8 Å². The van der Waals surface area contributed by atoms with Gasteiger partial charge in [0.25, 0.3) is 5.56 Å². The minimum absolute atomic E-state index is 0.0985. The molecule has 0 spiro atoms. The van der Waals surface area contributed by atoms with E-state index < -0.39 is 10.7 Å². The Morgan fingerprint density at radius 2 is 1.81 bits per heavy atom. The molecule has 0 aliphatic heterocycles. The van der Waals surface area contributed by atoms with Gasteiger partial charge in [-0.05, 0) is 37.6 Å². The van der Waals surface area contributed by atoms with Crippen LogP contribution in [-0.2, 0) is 17.8 Å². The molecular formula is C25H28N2O4S. The van der Waals surface area contributed by atoms with Crippen LogP contribution >= 0.6 is 11.8 Å². The minimum Gasteiger partial charge on any atom is -0.492 e. The summed E-state index contributed by atoms with van der Waals surface area (Å²) in [6, 6.07) is 18.6. The number of nitrogens with zero attached hydrogens (tertiary/aromatic N) is 2. The zero-order valence-corrected chi connectivity index (χ0v) is 19.4. The first-order chi connectivity index (χ1) is 15.4. The molecule has 32 heavy (non-hydrogen) atoms. The molecule has 0 saturated carbocycles. The monoisotopic (exact) mass is 452 g/mol. The molecule has 3 aromatic rings. The molecule has 1 N–H and O–H groups in total. The molecule has 1 unspecified atom stereocenters. The molecule has 1 aromatic heterocycles. The third-order valence-electron chi connectivity index (χ3n) is 5.35. The summed E-state index contributed by atoms with van der Waals surface area (Å²) in [6.07, 6.45) is 1.17. The Morgan fingerprint density at radius 3 is 2.41 bits per heavy atom. The van der Waals surface area contributed by atoms with Crippen molar-refractivity contribution in [3.63, 3.8) is 0 Å². The molecule has 2 aromatic carbocycles. The number of hydrogen-bond acceptors (Lipinski definition) is 5. The van der Waals surface area contributed by atoms with Gasteiger partial charge in [0.1, 0.15) is 22.9 Å². The Bertz CT molecular complexity index is 1110. The number of carbonyl (C=O) groups is 1. The topological polar surface area (TPSA) is 81.4 Å². The van der Waals surface area contributed by atoms with Crippen molar-refractivity contribution in [2.24, 2.45) is 0 Å². The van der Waals surface area contributed by atoms with Crippen LogP contribution in [0.3, 0.4) is 0 Å². The normalized spacial score (nSPS) is 12.8. The van der Waals surface area contributed by atoms with Crippen molar-refractivity contribution in [1.82, 2.24) is 9.55 Å². The highest BCUT2D eigenvalue weighted by atomic mass is 32.2. The van der Waals surface area contributed by atoms with Gasteiger partial charge in [0, 0.05) is 22.9 Å². The third-order valence-corrected chi connectivity index (χ3v) is 6.77. The predicted octanol–water partition coefficient (Wildman–Crippen LogP) is 4.90. The molecule has 1 atom stereocenters. The SMILES string of the molecule is CCc1nc(-c2ccccc2)cc(=O)n1CCOc1ccc(SC(C)(CC)C(=O)O)cc1. The summed E-state index contributed by atoms with van der Waals surface area (Å²) < 4.78 is 6.61. The molecule has 0 saturated heterocycles. The quantitative estimate of drug-likeness (QED) is 0.441. The number of rotatable bonds is 10. The van der Waals surface area contributed by atoms with E-state index in [1.165, 1.54) is 11.8 Å². The van der Waals surface area contributed by atoms with Crippen molar-refractivity contribution in [3.05, 3.63) is 76.8 Å². The molecule has 3 rings (SSSR count). The van der Waals surface area contributed by atoms with Gasteiger partial charge in [0.05, 0.1) is 12.2 Å². The van der Waals surface area contributed by atoms with Crippen molar-refractivity contribution in [2.75, 3.05) is 6.61 Å². The van der Waals surface area contributed by atoms with Gasteiger partial charge in [-0.25, -0.2) is 4.98 Å². The van der Waals surface area contributed by atoms with Crippen molar-refractivity contribution < 1.29 is 14.6 Å². The van der Waals surface area contributed by atoms with Gasteiger partial charge >= 0.3 is 5.97 Å². The lowest BCUT2D eigenvalue weighted by Crippen LogP contribution is -2.30. The number of ether oxygens (including phenoxy) is 1. The van der Waals surface area contributed by atoms with Gasteiger partial charge in [0.2, 0.25) is 0 Å². The van der Waals surface area contributed by atoms with Crippen LogP contribution in [0.15, 0.2) is 70.4 Å². The number of aryl methyl sites for hydroxylation is 1. The number of aliphatic carboxylic acids is 1. The molecule has 0 fully saturated rings. The Kier molecular flexibility index (Phi) is 7.75. The molecule has 0 amide bonds. The summed E-state index contributed by atoms with van der Waals surface area (Å²) in [7, 11) is 0. The number of benzene rings is 2. The highest BCUT2D eigenvalue weighted by Crippen LogP contribution is 2.36. The van der Waals surface area contributed by atoms with E-state index in [0.29, 0.717) is 37.4 Å². The summed E-state index contributed by atoms with van der Waals surface area (Å²) in [5.74, 6) is 0.566. The molecule has 0 aliphatic carbocycles. The highest BCUT2D eigenvalue weighted by Gasteiger charge is 2.32. The lowest BCUT2D eigenvalue weighted by atomic mass is 10.1. The smallest absolute Gasteiger partial charge is 0.319 e. The lowest BCUT2D eigenvalue weighted by Gasteiger charge is -2.22. The van der Waals surface area contributed by atoms with E-state index in [2.05, 4.69) is 4.98 Å². The summed E-state index contributed by atoms with van der Waals surface area (Å²) in [5, 5.41) is 9.44. The largest absolute Gasteiger partial charge is 0.492 e. The third kappa shape index (κ3) is 5.59. The van der Waals surface area contributed by atoms with Crippen LogP contribution in [0.5, 0.6) is 5.75 Å². The van der Waals surface area contributed by atoms with E-state index in [-0.39, 0.29) is 5.56 Å². The number of carboxylic acids is 1. The van der Waals surface area contributed by atoms with Gasteiger partial charge < -0.3 is 9.84 Å². The molecule has 0 aliphatic rings. The maximum Gasteiger partial charge on any atom is 0.319 e. The minimum atomic E-state index is -0.862. The molecule has 1 heterocycles. The average molecular weight is 453 g/mol. The molecule has 0 bridgehead atoms. The van der Waals surface area contributed by atoms with Gasteiger partial charge in [0.15, 0.2) is 0 Å². The second-order valence-corrected chi connectivity index (χ2v) is 9.16. The number of thioether (sulfide) groups is 1. The summed E-state index contributed by atoms with van der Waals surface area (Å²) >= 11 is 1.33. The van der Waals surface area contributed by atoms with Gasteiger partial charge in [-0.2, -0.15) is 0 Å². The molecule has 168 valence electrons. The average Bonchev–Trinajstić information content (AvgIpc) is 2.81. The van der Waals surface area contributed by atoms with Gasteiger partial charge in [-0.15, -0.1) is 11.8 Å². The van der Waals surface area contributed by atoms with Crippen LogP contribution in [0, 0.1) is 0 Å². The first-order valence-electron chi connectivity index (χ1n) is 10.7. The van der Waals surface area contributed by atoms with Crippen molar-refractivity contribution >= 4 is 17.7 Å². The summed E-state index contributed by atoms with van der Waals surface area (Å²) in [5.41, 5.74) is 1.50. The molecule has 0 radical (unpaired) electrons. The van der Waals surface area contributed by atoms with E-state index in [4.69, 9.17) is 4.74 Å². The Labute approximate surface area is 192 Å². The van der Waals surface area contributed by atoms with E-state index in [1.807, 2.05) is 68.4 Å². The first-order valence-corrected chi connectivity index (χ1v) is 11.5. The van der Waals surface area contributed by atoms with E-state index in [1.54, 1.807) is 17.6 Å². The van der Waals surface area contributed by atoms with Crippen molar-refractivity contribution in [1.29, 1.82) is 0 Å².